The highest BCUT2D eigenvalue weighted by atomic mass is 16.7. The lowest BCUT2D eigenvalue weighted by Crippen LogP contribution is -2.44. The Hall–Kier alpha value is -2.34. The topological polar surface area (TPSA) is 136 Å². The molecule has 1 aliphatic heterocycles. The van der Waals surface area contributed by atoms with Gasteiger partial charge in [-0.1, -0.05) is 0 Å². The van der Waals surface area contributed by atoms with E-state index in [1.807, 2.05) is 31.2 Å². The molecule has 0 radical (unpaired) electrons. The Morgan fingerprint density at radius 1 is 1.17 bits per heavy atom. The van der Waals surface area contributed by atoms with Gasteiger partial charge >= 0.3 is 0 Å². The minimum Gasteiger partial charge on any atom is -0.494 e. The summed E-state index contributed by atoms with van der Waals surface area (Å²) in [5, 5.41) is 12.2. The molecule has 1 heterocycles. The SMILES string of the molecule is COC1CC(N(C)CC/C(N)=C/N(N)CCCOc2ccc(N(N)/C=C(\C)CO)cc2)CC(C)O1. The van der Waals surface area contributed by atoms with E-state index in [1.165, 1.54) is 5.01 Å². The molecule has 10 nitrogen and oxygen atoms in total. The van der Waals surface area contributed by atoms with E-state index in [-0.39, 0.29) is 19.0 Å². The third-order valence-electron chi connectivity index (χ3n) is 6.00. The van der Waals surface area contributed by atoms with Gasteiger partial charge in [0.25, 0.3) is 0 Å². The minimum atomic E-state index is -0.146. The van der Waals surface area contributed by atoms with Gasteiger partial charge in [-0.25, -0.2) is 11.7 Å². The second kappa shape index (κ2) is 14.9. The van der Waals surface area contributed by atoms with E-state index < -0.39 is 0 Å². The second-order valence-corrected chi connectivity index (χ2v) is 9.15. The van der Waals surface area contributed by atoms with Crippen molar-refractivity contribution in [2.75, 3.05) is 45.5 Å². The number of nitrogens with two attached hydrogens (primary N) is 3. The molecule has 3 atom stereocenters. The zero-order valence-electron chi connectivity index (χ0n) is 21.6. The smallest absolute Gasteiger partial charge is 0.159 e. The molecule has 3 unspecified atom stereocenters. The van der Waals surface area contributed by atoms with Gasteiger partial charge in [0.1, 0.15) is 5.75 Å². The summed E-state index contributed by atoms with van der Waals surface area (Å²) in [6.07, 6.45) is 6.85. The van der Waals surface area contributed by atoms with Crippen LogP contribution >= 0.6 is 0 Å². The summed E-state index contributed by atoms with van der Waals surface area (Å²) in [6.45, 7) is 5.86. The van der Waals surface area contributed by atoms with Crippen molar-refractivity contribution in [2.45, 2.75) is 58.0 Å². The van der Waals surface area contributed by atoms with Crippen LogP contribution < -0.4 is 27.2 Å². The molecule has 0 aliphatic carbocycles. The molecule has 35 heavy (non-hydrogen) atoms. The molecule has 0 bridgehead atoms. The second-order valence-electron chi connectivity index (χ2n) is 9.15. The van der Waals surface area contributed by atoms with Crippen molar-refractivity contribution in [3.8, 4) is 5.75 Å². The van der Waals surface area contributed by atoms with Crippen molar-refractivity contribution in [3.63, 3.8) is 0 Å². The summed E-state index contributed by atoms with van der Waals surface area (Å²) < 4.78 is 17.0. The maximum Gasteiger partial charge on any atom is 0.159 e. The third-order valence-corrected chi connectivity index (χ3v) is 6.00. The molecule has 10 heteroatoms. The zero-order chi connectivity index (χ0) is 25.8. The van der Waals surface area contributed by atoms with Crippen molar-refractivity contribution in [1.82, 2.24) is 9.91 Å². The molecule has 1 aliphatic rings. The predicted molar refractivity (Wildman–Crippen MR) is 139 cm³/mol. The molecular formula is C25H44N6O4. The molecule has 0 saturated carbocycles. The molecule has 1 aromatic carbocycles. The highest BCUT2D eigenvalue weighted by Crippen LogP contribution is 2.23. The summed E-state index contributed by atoms with van der Waals surface area (Å²) in [5.41, 5.74) is 8.53. The van der Waals surface area contributed by atoms with Gasteiger partial charge in [0.05, 0.1) is 25.0 Å². The van der Waals surface area contributed by atoms with Gasteiger partial charge in [0, 0.05) is 63.6 Å². The lowest BCUT2D eigenvalue weighted by atomic mass is 10.0. The van der Waals surface area contributed by atoms with Crippen molar-refractivity contribution >= 4 is 5.69 Å². The minimum absolute atomic E-state index is 0.0319. The molecule has 0 spiro atoms. The summed E-state index contributed by atoms with van der Waals surface area (Å²) in [4.78, 5) is 2.32. The first kappa shape index (κ1) is 28.9. The van der Waals surface area contributed by atoms with Crippen LogP contribution in [0.2, 0.25) is 0 Å². The predicted octanol–water partition coefficient (Wildman–Crippen LogP) is 1.87. The largest absolute Gasteiger partial charge is 0.494 e. The number of aliphatic hydroxyl groups excluding tert-OH is 1. The fourth-order valence-electron chi connectivity index (χ4n) is 3.92. The van der Waals surface area contributed by atoms with Crippen molar-refractivity contribution in [1.29, 1.82) is 0 Å². The van der Waals surface area contributed by atoms with Crippen LogP contribution in [-0.4, -0.2) is 73.9 Å². The van der Waals surface area contributed by atoms with Crippen molar-refractivity contribution in [3.05, 3.63) is 47.9 Å². The Balaban J connectivity index is 1.67. The van der Waals surface area contributed by atoms with Crippen LogP contribution in [0.15, 0.2) is 47.9 Å². The summed E-state index contributed by atoms with van der Waals surface area (Å²) in [7, 11) is 3.80. The first-order chi connectivity index (χ1) is 16.7. The van der Waals surface area contributed by atoms with Crippen LogP contribution in [0.1, 0.15) is 39.5 Å². The van der Waals surface area contributed by atoms with E-state index >= 15 is 0 Å². The van der Waals surface area contributed by atoms with Gasteiger partial charge in [-0.3, -0.25) is 5.01 Å². The van der Waals surface area contributed by atoms with E-state index in [1.54, 1.807) is 24.5 Å². The summed E-state index contributed by atoms with van der Waals surface area (Å²) >= 11 is 0. The van der Waals surface area contributed by atoms with Crippen LogP contribution in [0, 0.1) is 0 Å². The first-order valence-electron chi connectivity index (χ1n) is 12.1. The Labute approximate surface area is 209 Å². The Morgan fingerprint density at radius 2 is 1.89 bits per heavy atom. The Bertz CT molecular complexity index is 804. The number of ether oxygens (including phenoxy) is 3. The number of anilines is 1. The lowest BCUT2D eigenvalue weighted by Gasteiger charge is -2.38. The Kier molecular flexibility index (Phi) is 12.3. The average Bonchev–Trinajstić information content (AvgIpc) is 2.84. The van der Waals surface area contributed by atoms with E-state index in [0.717, 1.165) is 54.9 Å². The number of aliphatic hydroxyl groups is 1. The third kappa shape index (κ3) is 10.4. The molecule has 1 aromatic rings. The number of rotatable bonds is 14. The van der Waals surface area contributed by atoms with Gasteiger partial charge < -0.3 is 35.0 Å². The number of benzene rings is 1. The molecule has 1 fully saturated rings. The number of nitrogens with zero attached hydrogens (tertiary/aromatic N) is 3. The van der Waals surface area contributed by atoms with E-state index in [9.17, 15) is 0 Å². The maximum absolute atomic E-state index is 9.10. The number of hydrogen-bond acceptors (Lipinski definition) is 10. The number of methoxy groups -OCH3 is 1. The maximum atomic E-state index is 9.10. The fourth-order valence-corrected chi connectivity index (χ4v) is 3.92. The Morgan fingerprint density at radius 3 is 2.54 bits per heavy atom. The summed E-state index contributed by atoms with van der Waals surface area (Å²) in [5.74, 6) is 12.8. The van der Waals surface area contributed by atoms with E-state index in [2.05, 4.69) is 18.9 Å². The number of hydrazine groups is 2. The van der Waals surface area contributed by atoms with Crippen LogP contribution in [0.25, 0.3) is 0 Å². The fraction of sp³-hybridized carbons (Fsp3) is 0.600. The van der Waals surface area contributed by atoms with Gasteiger partial charge in [-0.2, -0.15) is 0 Å². The lowest BCUT2D eigenvalue weighted by molar-refractivity contribution is -0.189. The highest BCUT2D eigenvalue weighted by Gasteiger charge is 2.29. The molecular weight excluding hydrogens is 448 g/mol. The molecule has 2 rings (SSSR count). The average molecular weight is 493 g/mol. The van der Waals surface area contributed by atoms with Gasteiger partial charge in [0.15, 0.2) is 6.29 Å². The monoisotopic (exact) mass is 492 g/mol. The molecule has 7 N–H and O–H groups in total. The van der Waals surface area contributed by atoms with Gasteiger partial charge in [0.2, 0.25) is 0 Å². The summed E-state index contributed by atoms with van der Waals surface area (Å²) in [6, 6.07) is 7.86. The molecule has 0 amide bonds. The van der Waals surface area contributed by atoms with Crippen LogP contribution in [-0.2, 0) is 9.47 Å². The molecule has 1 saturated heterocycles. The quantitative estimate of drug-likeness (QED) is 0.173. The first-order valence-corrected chi connectivity index (χ1v) is 12.1. The molecule has 198 valence electrons. The van der Waals surface area contributed by atoms with Crippen molar-refractivity contribution < 1.29 is 19.3 Å². The van der Waals surface area contributed by atoms with Crippen LogP contribution in [0.4, 0.5) is 5.69 Å². The van der Waals surface area contributed by atoms with Gasteiger partial charge in [-0.15, -0.1) is 0 Å². The zero-order valence-corrected chi connectivity index (χ0v) is 21.6. The standard InChI is InChI=1S/C25H44N6O4/c1-19(18-32)16-31(28)22-6-8-24(9-7-22)34-13-5-11-30(27)17-21(26)10-12-29(3)23-14-20(2)35-25(15-23)33-4/h6-9,16-17,20,23,25,32H,5,10-15,18,26-28H2,1-4H3/b19-16+,21-17-. The highest BCUT2D eigenvalue weighted by molar-refractivity contribution is 5.50. The van der Waals surface area contributed by atoms with Crippen LogP contribution in [0.5, 0.6) is 5.75 Å². The van der Waals surface area contributed by atoms with Gasteiger partial charge in [-0.05, 0) is 57.2 Å². The van der Waals surface area contributed by atoms with Crippen molar-refractivity contribution in [2.24, 2.45) is 17.4 Å². The molecule has 0 aromatic heterocycles. The van der Waals surface area contributed by atoms with Crippen LogP contribution in [0.3, 0.4) is 0 Å². The van der Waals surface area contributed by atoms with E-state index in [4.69, 9.17) is 36.7 Å². The van der Waals surface area contributed by atoms with E-state index in [0.29, 0.717) is 19.2 Å². The normalized spacial score (nSPS) is 21.3. The number of hydrogen-bond donors (Lipinski definition) is 4.